The molecular weight excluding hydrogens is 320 g/mol. The van der Waals surface area contributed by atoms with E-state index < -0.39 is 0 Å². The van der Waals surface area contributed by atoms with Crippen molar-refractivity contribution in [3.05, 3.63) is 18.7 Å². The van der Waals surface area contributed by atoms with Crippen LogP contribution in [0.3, 0.4) is 0 Å². The molecule has 0 unspecified atom stereocenters. The van der Waals surface area contributed by atoms with Crippen LogP contribution in [0.5, 0.6) is 0 Å². The fourth-order valence-electron chi connectivity index (χ4n) is 1.10. The monoisotopic (exact) mass is 324 g/mol. The third-order valence-electron chi connectivity index (χ3n) is 1.89. The van der Waals surface area contributed by atoms with Crippen molar-refractivity contribution in [1.82, 2.24) is 0 Å². The Kier molecular flexibility index (Phi) is 2.36. The molecule has 0 spiro atoms. The van der Waals surface area contributed by atoms with E-state index in [1.165, 1.54) is 28.1 Å². The smallest absolute Gasteiger partial charge is 0.0861 e. The standard InChI is InChI=1S/C8H6Br2S2/c1-3-4(2)11-7-5(9)8(10)12-6(3)7/h1-2H3. The summed E-state index contributed by atoms with van der Waals surface area (Å²) in [7, 11) is 0. The molecule has 0 aromatic carbocycles. The molecule has 0 saturated heterocycles. The molecule has 2 rings (SSSR count). The molecule has 0 aliphatic heterocycles. The second-order valence-electron chi connectivity index (χ2n) is 2.63. The number of hydrogen-bond acceptors (Lipinski definition) is 2. The van der Waals surface area contributed by atoms with Crippen LogP contribution in [0.4, 0.5) is 0 Å². The zero-order valence-electron chi connectivity index (χ0n) is 6.57. The van der Waals surface area contributed by atoms with Crippen LogP contribution in [0.1, 0.15) is 10.4 Å². The van der Waals surface area contributed by atoms with E-state index in [1.807, 2.05) is 11.3 Å². The summed E-state index contributed by atoms with van der Waals surface area (Å²) in [5, 5.41) is 0. The quantitative estimate of drug-likeness (QED) is 0.631. The molecule has 0 bridgehead atoms. The fraction of sp³-hybridized carbons (Fsp3) is 0.250. The molecule has 2 aromatic rings. The Hall–Kier alpha value is 0.620. The third kappa shape index (κ3) is 1.20. The number of fused-ring (bicyclic) bond motifs is 1. The average Bonchev–Trinajstić information content (AvgIpc) is 2.43. The fourth-order valence-corrected chi connectivity index (χ4v) is 4.98. The van der Waals surface area contributed by atoms with E-state index in [2.05, 4.69) is 45.7 Å². The first-order valence-corrected chi connectivity index (χ1v) is 6.66. The number of rotatable bonds is 0. The van der Waals surface area contributed by atoms with Gasteiger partial charge in [-0.05, 0) is 51.3 Å². The van der Waals surface area contributed by atoms with Crippen LogP contribution in [0.2, 0.25) is 0 Å². The minimum atomic E-state index is 1.20. The van der Waals surface area contributed by atoms with Crippen molar-refractivity contribution in [2.75, 3.05) is 0 Å². The number of hydrogen-bond donors (Lipinski definition) is 0. The highest BCUT2D eigenvalue weighted by atomic mass is 79.9. The summed E-state index contributed by atoms with van der Waals surface area (Å²) in [6.45, 7) is 4.36. The summed E-state index contributed by atoms with van der Waals surface area (Å²) in [6.07, 6.45) is 0. The predicted molar refractivity (Wildman–Crippen MR) is 64.6 cm³/mol. The molecular formula is C8H6Br2S2. The van der Waals surface area contributed by atoms with Crippen LogP contribution in [-0.4, -0.2) is 0 Å². The lowest BCUT2D eigenvalue weighted by atomic mass is 10.3. The van der Waals surface area contributed by atoms with Gasteiger partial charge in [0.25, 0.3) is 0 Å². The van der Waals surface area contributed by atoms with Gasteiger partial charge in [-0.25, -0.2) is 0 Å². The molecule has 0 atom stereocenters. The van der Waals surface area contributed by atoms with E-state index in [9.17, 15) is 0 Å². The lowest BCUT2D eigenvalue weighted by Crippen LogP contribution is -1.64. The molecule has 2 aromatic heterocycles. The topological polar surface area (TPSA) is 0 Å². The second kappa shape index (κ2) is 3.08. The Morgan fingerprint density at radius 3 is 2.25 bits per heavy atom. The predicted octanol–water partition coefficient (Wildman–Crippen LogP) is 5.10. The van der Waals surface area contributed by atoms with Crippen LogP contribution in [0.25, 0.3) is 9.40 Å². The maximum absolute atomic E-state index is 3.57. The summed E-state index contributed by atoms with van der Waals surface area (Å²) in [4.78, 5) is 1.42. The lowest BCUT2D eigenvalue weighted by Gasteiger charge is -1.85. The molecule has 0 amide bonds. The first-order valence-electron chi connectivity index (χ1n) is 3.44. The van der Waals surface area contributed by atoms with Crippen LogP contribution < -0.4 is 0 Å². The average molecular weight is 326 g/mol. The highest BCUT2D eigenvalue weighted by Crippen LogP contribution is 2.45. The van der Waals surface area contributed by atoms with Crippen LogP contribution in [-0.2, 0) is 0 Å². The summed E-state index contributed by atoms with van der Waals surface area (Å²) in [5.41, 5.74) is 1.42. The van der Waals surface area contributed by atoms with Crippen LogP contribution >= 0.6 is 54.5 Å². The van der Waals surface area contributed by atoms with Gasteiger partial charge in [0.05, 0.1) is 17.7 Å². The highest BCUT2D eigenvalue weighted by molar-refractivity contribution is 9.13. The van der Waals surface area contributed by atoms with Crippen LogP contribution in [0.15, 0.2) is 8.26 Å². The van der Waals surface area contributed by atoms with Crippen molar-refractivity contribution in [2.24, 2.45) is 0 Å². The van der Waals surface area contributed by atoms with E-state index >= 15 is 0 Å². The summed E-state index contributed by atoms with van der Waals surface area (Å²) < 4.78 is 5.20. The van der Waals surface area contributed by atoms with Gasteiger partial charge in [-0.2, -0.15) is 0 Å². The second-order valence-corrected chi connectivity index (χ2v) is 6.99. The number of aryl methyl sites for hydroxylation is 2. The Bertz CT molecular complexity index is 397. The van der Waals surface area contributed by atoms with E-state index in [0.29, 0.717) is 0 Å². The largest absolute Gasteiger partial charge is 0.138 e. The van der Waals surface area contributed by atoms with Crippen molar-refractivity contribution in [2.45, 2.75) is 13.8 Å². The van der Waals surface area contributed by atoms with Crippen molar-refractivity contribution in [3.8, 4) is 0 Å². The first-order chi connectivity index (χ1) is 5.61. The highest BCUT2D eigenvalue weighted by Gasteiger charge is 2.13. The Labute approximate surface area is 95.9 Å². The molecule has 0 fully saturated rings. The summed E-state index contributed by atoms with van der Waals surface area (Å²) in [5.74, 6) is 0. The minimum Gasteiger partial charge on any atom is -0.138 e. The van der Waals surface area contributed by atoms with Gasteiger partial charge >= 0.3 is 0 Å². The molecule has 4 heteroatoms. The van der Waals surface area contributed by atoms with Gasteiger partial charge in [0, 0.05) is 4.88 Å². The van der Waals surface area contributed by atoms with Gasteiger partial charge in [0.15, 0.2) is 0 Å². The molecule has 0 N–H and O–H groups in total. The minimum absolute atomic E-state index is 1.20. The van der Waals surface area contributed by atoms with Crippen molar-refractivity contribution in [1.29, 1.82) is 0 Å². The molecule has 0 aliphatic rings. The first kappa shape index (κ1) is 9.19. The third-order valence-corrected chi connectivity index (χ3v) is 7.08. The van der Waals surface area contributed by atoms with E-state index in [4.69, 9.17) is 0 Å². The molecule has 0 radical (unpaired) electrons. The van der Waals surface area contributed by atoms with E-state index in [1.54, 1.807) is 11.3 Å². The van der Waals surface area contributed by atoms with Crippen LogP contribution in [0, 0.1) is 13.8 Å². The van der Waals surface area contributed by atoms with Gasteiger partial charge in [0.1, 0.15) is 0 Å². The maximum atomic E-state index is 3.57. The van der Waals surface area contributed by atoms with Gasteiger partial charge in [-0.3, -0.25) is 0 Å². The van der Waals surface area contributed by atoms with Gasteiger partial charge in [0.2, 0.25) is 0 Å². The number of thiophene rings is 2. The van der Waals surface area contributed by atoms with E-state index in [0.717, 1.165) is 0 Å². The zero-order valence-corrected chi connectivity index (χ0v) is 11.4. The van der Waals surface area contributed by atoms with Gasteiger partial charge < -0.3 is 0 Å². The molecule has 2 heterocycles. The Morgan fingerprint density at radius 2 is 1.67 bits per heavy atom. The molecule has 12 heavy (non-hydrogen) atoms. The summed E-state index contributed by atoms with van der Waals surface area (Å²) in [6, 6.07) is 0. The number of halogens is 2. The molecule has 0 aliphatic carbocycles. The van der Waals surface area contributed by atoms with Crippen molar-refractivity contribution >= 4 is 63.9 Å². The zero-order chi connectivity index (χ0) is 8.88. The van der Waals surface area contributed by atoms with Gasteiger partial charge in [-0.15, -0.1) is 22.7 Å². The van der Waals surface area contributed by atoms with E-state index in [-0.39, 0.29) is 0 Å². The van der Waals surface area contributed by atoms with Gasteiger partial charge in [-0.1, -0.05) is 0 Å². The Balaban J connectivity index is 2.93. The molecule has 0 saturated carbocycles. The summed E-state index contributed by atoms with van der Waals surface area (Å²) >= 11 is 10.8. The molecule has 64 valence electrons. The van der Waals surface area contributed by atoms with Crippen molar-refractivity contribution in [3.63, 3.8) is 0 Å². The normalized spacial score (nSPS) is 11.3. The van der Waals surface area contributed by atoms with Crippen molar-refractivity contribution < 1.29 is 0 Å². The SMILES string of the molecule is Cc1sc2c(Br)c(Br)sc2c1C. The molecule has 0 nitrogen and oxygen atoms in total. The maximum Gasteiger partial charge on any atom is 0.0861 e. The lowest BCUT2D eigenvalue weighted by molar-refractivity contribution is 1.48. The Morgan fingerprint density at radius 1 is 1.00 bits per heavy atom.